The van der Waals surface area contributed by atoms with Gasteiger partial charge in [0.05, 0.1) is 24.0 Å². The maximum absolute atomic E-state index is 12.3. The minimum Gasteiger partial charge on any atom is -0.497 e. The number of carbonyl (C=O) groups is 1. The van der Waals surface area contributed by atoms with Crippen LogP contribution in [0.3, 0.4) is 0 Å². The molecule has 0 aromatic heterocycles. The van der Waals surface area contributed by atoms with Crippen molar-refractivity contribution in [2.24, 2.45) is 0 Å². The Morgan fingerprint density at radius 1 is 1.07 bits per heavy atom. The van der Waals surface area contributed by atoms with Gasteiger partial charge in [-0.05, 0) is 25.1 Å². The predicted molar refractivity (Wildman–Crippen MR) is 95.2 cm³/mol. The van der Waals surface area contributed by atoms with Gasteiger partial charge >= 0.3 is 0 Å². The number of nitrogens with one attached hydrogen (secondary N) is 2. The van der Waals surface area contributed by atoms with E-state index < -0.39 is 20.9 Å². The Kier molecular flexibility index (Phi) is 5.98. The molecule has 0 saturated heterocycles. The van der Waals surface area contributed by atoms with E-state index in [2.05, 4.69) is 0 Å². The quantitative estimate of drug-likeness (QED) is 0.536. The maximum atomic E-state index is 12.3. The molecule has 0 radical (unpaired) electrons. The van der Waals surface area contributed by atoms with Crippen LogP contribution in [0.5, 0.6) is 11.5 Å². The van der Waals surface area contributed by atoms with E-state index in [1.165, 1.54) is 45.4 Å². The molecule has 0 atom stereocenters. The van der Waals surface area contributed by atoms with Crippen molar-refractivity contribution < 1.29 is 27.6 Å². The van der Waals surface area contributed by atoms with Crippen LogP contribution in [-0.4, -0.2) is 33.5 Å². The second-order valence-corrected chi connectivity index (χ2v) is 7.05. The Morgan fingerprint density at radius 3 is 2.19 bits per heavy atom. The summed E-state index contributed by atoms with van der Waals surface area (Å²) in [6.07, 6.45) is 0. The van der Waals surface area contributed by atoms with E-state index in [1.54, 1.807) is 6.07 Å². The second-order valence-electron chi connectivity index (χ2n) is 5.37. The number of hydrogen-bond acceptors (Lipinski definition) is 7. The van der Waals surface area contributed by atoms with Crippen molar-refractivity contribution in [3.05, 3.63) is 57.6 Å². The molecule has 0 spiro atoms. The highest BCUT2D eigenvalue weighted by Gasteiger charge is 2.21. The third-order valence-electron chi connectivity index (χ3n) is 3.60. The maximum Gasteiger partial charge on any atom is 0.273 e. The van der Waals surface area contributed by atoms with E-state index in [0.717, 1.165) is 6.07 Å². The van der Waals surface area contributed by atoms with Crippen molar-refractivity contribution >= 4 is 21.6 Å². The van der Waals surface area contributed by atoms with Gasteiger partial charge in [-0.3, -0.25) is 20.3 Å². The van der Waals surface area contributed by atoms with E-state index in [-0.39, 0.29) is 16.1 Å². The lowest BCUT2D eigenvalue weighted by Crippen LogP contribution is -2.41. The van der Waals surface area contributed by atoms with Crippen molar-refractivity contribution in [3.8, 4) is 11.5 Å². The number of nitro benzene ring substituents is 1. The lowest BCUT2D eigenvalue weighted by molar-refractivity contribution is -0.385. The molecule has 2 aromatic rings. The van der Waals surface area contributed by atoms with Crippen LogP contribution >= 0.6 is 0 Å². The van der Waals surface area contributed by atoms with Gasteiger partial charge in [0.15, 0.2) is 0 Å². The van der Waals surface area contributed by atoms with Gasteiger partial charge in [0.25, 0.3) is 21.6 Å². The molecule has 0 bridgehead atoms. The smallest absolute Gasteiger partial charge is 0.273 e. The predicted octanol–water partition coefficient (Wildman–Crippen LogP) is 1.54. The second kappa shape index (κ2) is 8.01. The summed E-state index contributed by atoms with van der Waals surface area (Å²) in [7, 11) is -1.40. The number of nitro groups is 1. The zero-order valence-corrected chi connectivity index (χ0v) is 15.5. The minimum absolute atomic E-state index is 0.0868. The molecule has 10 nitrogen and oxygen atoms in total. The molecule has 2 rings (SSSR count). The molecule has 144 valence electrons. The van der Waals surface area contributed by atoms with Crippen LogP contribution in [0.4, 0.5) is 5.69 Å². The third-order valence-corrected chi connectivity index (χ3v) is 4.85. The number of ether oxygens (including phenoxy) is 2. The van der Waals surface area contributed by atoms with E-state index in [9.17, 15) is 23.3 Å². The molecular weight excluding hydrogens is 378 g/mol. The Bertz CT molecular complexity index is 967. The van der Waals surface area contributed by atoms with Gasteiger partial charge in [-0.1, -0.05) is 6.07 Å². The van der Waals surface area contributed by atoms with Crippen LogP contribution < -0.4 is 19.7 Å². The van der Waals surface area contributed by atoms with E-state index in [1.807, 2.05) is 10.3 Å². The zero-order chi connectivity index (χ0) is 20.2. The highest BCUT2D eigenvalue weighted by atomic mass is 32.2. The van der Waals surface area contributed by atoms with Gasteiger partial charge in [-0.15, -0.1) is 4.83 Å². The number of carbonyl (C=O) groups excluding carboxylic acids is 1. The van der Waals surface area contributed by atoms with E-state index in [0.29, 0.717) is 17.1 Å². The summed E-state index contributed by atoms with van der Waals surface area (Å²) in [6.45, 7) is 1.49. The average molecular weight is 395 g/mol. The molecule has 1 amide bonds. The van der Waals surface area contributed by atoms with Crippen molar-refractivity contribution in [2.75, 3.05) is 14.2 Å². The molecule has 11 heteroatoms. The van der Waals surface area contributed by atoms with Gasteiger partial charge < -0.3 is 9.47 Å². The minimum atomic E-state index is -4.22. The molecule has 0 unspecified atom stereocenters. The van der Waals surface area contributed by atoms with Gasteiger partial charge in [0.1, 0.15) is 11.5 Å². The molecule has 0 saturated carbocycles. The van der Waals surface area contributed by atoms with Gasteiger partial charge in [0, 0.05) is 23.3 Å². The van der Waals surface area contributed by atoms with Crippen LogP contribution in [0.25, 0.3) is 0 Å². The highest BCUT2D eigenvalue weighted by Crippen LogP contribution is 2.23. The Balaban J connectivity index is 2.21. The van der Waals surface area contributed by atoms with Crippen molar-refractivity contribution in [1.29, 1.82) is 0 Å². The number of methoxy groups -OCH3 is 2. The van der Waals surface area contributed by atoms with Crippen LogP contribution in [0.1, 0.15) is 15.9 Å². The molecule has 0 fully saturated rings. The van der Waals surface area contributed by atoms with Gasteiger partial charge in [-0.2, -0.15) is 0 Å². The topological polar surface area (TPSA) is 137 Å². The number of nitrogens with zero attached hydrogens (tertiary/aromatic N) is 1. The molecule has 2 N–H and O–H groups in total. The molecule has 0 heterocycles. The Labute approximate surface area is 155 Å². The molecule has 2 aromatic carbocycles. The first-order chi connectivity index (χ1) is 12.7. The molecule has 27 heavy (non-hydrogen) atoms. The molecule has 0 aliphatic heterocycles. The van der Waals surface area contributed by atoms with Crippen molar-refractivity contribution in [3.63, 3.8) is 0 Å². The fraction of sp³-hybridized carbons (Fsp3) is 0.188. The van der Waals surface area contributed by atoms with Gasteiger partial charge in [0.2, 0.25) is 0 Å². The first-order valence-corrected chi connectivity index (χ1v) is 8.96. The van der Waals surface area contributed by atoms with Gasteiger partial charge in [-0.25, -0.2) is 8.42 Å². The van der Waals surface area contributed by atoms with Crippen LogP contribution in [-0.2, 0) is 10.0 Å². The fourth-order valence-corrected chi connectivity index (χ4v) is 3.00. The lowest BCUT2D eigenvalue weighted by Gasteiger charge is -2.11. The first kappa shape index (κ1) is 20.1. The summed E-state index contributed by atoms with van der Waals surface area (Å²) in [5.41, 5.74) is 2.10. The van der Waals surface area contributed by atoms with Crippen LogP contribution in [0.15, 0.2) is 41.3 Å². The highest BCUT2D eigenvalue weighted by molar-refractivity contribution is 7.89. The molecule has 0 aliphatic carbocycles. The van der Waals surface area contributed by atoms with Crippen molar-refractivity contribution in [1.82, 2.24) is 10.3 Å². The normalized spacial score (nSPS) is 10.9. The van der Waals surface area contributed by atoms with Crippen molar-refractivity contribution in [2.45, 2.75) is 11.8 Å². The number of hydrogen-bond donors (Lipinski definition) is 2. The molecule has 0 aliphatic rings. The molecular formula is C16H17N3O7S. The number of sulfonamides is 1. The zero-order valence-electron chi connectivity index (χ0n) is 14.7. The van der Waals surface area contributed by atoms with Crippen LogP contribution in [0, 0.1) is 17.0 Å². The number of aryl methyl sites for hydroxylation is 1. The first-order valence-electron chi connectivity index (χ1n) is 7.48. The third kappa shape index (κ3) is 4.71. The van der Waals surface area contributed by atoms with E-state index >= 15 is 0 Å². The monoisotopic (exact) mass is 395 g/mol. The van der Waals surface area contributed by atoms with Crippen LogP contribution in [0.2, 0.25) is 0 Å². The summed E-state index contributed by atoms with van der Waals surface area (Å²) in [6, 6.07) is 7.75. The number of benzene rings is 2. The summed E-state index contributed by atoms with van der Waals surface area (Å²) in [5.74, 6) is -0.0783. The average Bonchev–Trinajstić information content (AvgIpc) is 2.65. The summed E-state index contributed by atoms with van der Waals surface area (Å²) < 4.78 is 34.7. The lowest BCUT2D eigenvalue weighted by atomic mass is 10.2. The Hall–Kier alpha value is -3.18. The SMILES string of the molecule is COc1cc(OC)cc(C(=O)NNS(=O)(=O)c2ccc(C)c([N+](=O)[O-])c2)c1. The number of rotatable bonds is 7. The summed E-state index contributed by atoms with van der Waals surface area (Å²) in [4.78, 5) is 24.1. The number of hydrazine groups is 1. The van der Waals surface area contributed by atoms with E-state index in [4.69, 9.17) is 9.47 Å². The standard InChI is InChI=1S/C16H17N3O7S/c1-10-4-5-14(9-15(10)19(21)22)27(23,24)18-17-16(20)11-6-12(25-2)8-13(7-11)26-3/h4-9,18H,1-3H3,(H,17,20). The summed E-state index contributed by atoms with van der Waals surface area (Å²) >= 11 is 0. The Morgan fingerprint density at radius 2 is 1.67 bits per heavy atom. The number of amides is 1. The largest absolute Gasteiger partial charge is 0.497 e. The summed E-state index contributed by atoms with van der Waals surface area (Å²) in [5, 5.41) is 11.0. The fourth-order valence-electron chi connectivity index (χ4n) is 2.14.